The summed E-state index contributed by atoms with van der Waals surface area (Å²) >= 11 is 3.43. The molecular weight excluding hydrogens is 358 g/mol. The maximum Gasteiger partial charge on any atom is 0.349 e. The number of halogens is 1. The molecule has 1 N–H and O–H groups in total. The Kier molecular flexibility index (Phi) is 4.30. The Hall–Kier alpha value is -2.40. The van der Waals surface area contributed by atoms with Crippen LogP contribution in [0.3, 0.4) is 0 Å². The number of carbonyl (C=O) groups is 1. The highest BCUT2D eigenvalue weighted by Crippen LogP contribution is 2.24. The summed E-state index contributed by atoms with van der Waals surface area (Å²) in [5.74, 6) is -0.491. The van der Waals surface area contributed by atoms with Crippen LogP contribution < -0.4 is 10.9 Å². The van der Waals surface area contributed by atoms with E-state index in [2.05, 4.69) is 28.2 Å². The summed E-state index contributed by atoms with van der Waals surface area (Å²) in [6.45, 7) is 2.06. The number of benzene rings is 2. The molecule has 0 atom stereocenters. The number of hydrogen-bond acceptors (Lipinski definition) is 3. The zero-order chi connectivity index (χ0) is 16.4. The zero-order valence-electron chi connectivity index (χ0n) is 12.4. The fourth-order valence-corrected chi connectivity index (χ4v) is 2.82. The fraction of sp³-hybridized carbons (Fsp3) is 0.111. The lowest BCUT2D eigenvalue weighted by Gasteiger charge is -2.08. The lowest BCUT2D eigenvalue weighted by molar-refractivity contribution is 0.102. The monoisotopic (exact) mass is 371 g/mol. The van der Waals surface area contributed by atoms with E-state index in [-0.39, 0.29) is 5.56 Å². The second kappa shape index (κ2) is 6.38. The van der Waals surface area contributed by atoms with Crippen LogP contribution in [0.5, 0.6) is 0 Å². The molecule has 1 aromatic heterocycles. The standard InChI is InChI=1S/C18H14BrNO3/c1-2-11-7-8-15(14(19)9-11)20-17(21)13-10-12-5-3-4-6-16(12)23-18(13)22/h3-10H,2H2,1H3,(H,20,21). The number of nitrogens with one attached hydrogen (secondary N) is 1. The van der Waals surface area contributed by atoms with E-state index < -0.39 is 11.5 Å². The molecule has 0 aliphatic heterocycles. The first-order valence-corrected chi connectivity index (χ1v) is 8.00. The van der Waals surface area contributed by atoms with Gasteiger partial charge in [-0.2, -0.15) is 0 Å². The first kappa shape index (κ1) is 15.5. The number of carbonyl (C=O) groups excluding carboxylic acids is 1. The Morgan fingerprint density at radius 1 is 1.17 bits per heavy atom. The van der Waals surface area contributed by atoms with Gasteiger partial charge in [-0.3, -0.25) is 4.79 Å². The summed E-state index contributed by atoms with van der Waals surface area (Å²) in [6, 6.07) is 14.3. The van der Waals surface area contributed by atoms with Crippen molar-refractivity contribution in [3.05, 3.63) is 74.6 Å². The average molecular weight is 372 g/mol. The number of amides is 1. The van der Waals surface area contributed by atoms with Gasteiger partial charge in [0.1, 0.15) is 11.1 Å². The number of anilines is 1. The van der Waals surface area contributed by atoms with Crippen molar-refractivity contribution in [3.63, 3.8) is 0 Å². The third-order valence-corrected chi connectivity index (χ3v) is 4.23. The molecule has 2 aromatic carbocycles. The molecule has 0 unspecified atom stereocenters. The molecule has 1 amide bonds. The van der Waals surface area contributed by atoms with Gasteiger partial charge in [-0.15, -0.1) is 0 Å². The van der Waals surface area contributed by atoms with Crippen molar-refractivity contribution in [1.29, 1.82) is 0 Å². The highest BCUT2D eigenvalue weighted by molar-refractivity contribution is 9.10. The SMILES string of the molecule is CCc1ccc(NC(=O)c2cc3ccccc3oc2=O)c(Br)c1. The van der Waals surface area contributed by atoms with E-state index in [1.807, 2.05) is 24.3 Å². The minimum absolute atomic E-state index is 0.0184. The molecule has 0 radical (unpaired) electrons. The third kappa shape index (κ3) is 3.19. The predicted octanol–water partition coefficient (Wildman–Crippen LogP) is 4.37. The maximum atomic E-state index is 12.4. The van der Waals surface area contributed by atoms with Crippen molar-refractivity contribution >= 4 is 38.5 Å². The van der Waals surface area contributed by atoms with Gasteiger partial charge in [0.15, 0.2) is 0 Å². The first-order valence-electron chi connectivity index (χ1n) is 7.21. The van der Waals surface area contributed by atoms with Crippen LogP contribution >= 0.6 is 15.9 Å². The topological polar surface area (TPSA) is 59.3 Å². The largest absolute Gasteiger partial charge is 0.422 e. The molecule has 23 heavy (non-hydrogen) atoms. The zero-order valence-corrected chi connectivity index (χ0v) is 14.0. The van der Waals surface area contributed by atoms with Crippen molar-refractivity contribution in [2.24, 2.45) is 0 Å². The van der Waals surface area contributed by atoms with Crippen LogP contribution in [-0.2, 0) is 6.42 Å². The van der Waals surface area contributed by atoms with E-state index in [1.165, 1.54) is 0 Å². The second-order valence-electron chi connectivity index (χ2n) is 5.11. The average Bonchev–Trinajstić information content (AvgIpc) is 2.55. The van der Waals surface area contributed by atoms with Gasteiger partial charge < -0.3 is 9.73 Å². The van der Waals surface area contributed by atoms with Gasteiger partial charge in [0.2, 0.25) is 0 Å². The molecule has 3 aromatic rings. The lowest BCUT2D eigenvalue weighted by Crippen LogP contribution is -2.20. The van der Waals surface area contributed by atoms with Crippen molar-refractivity contribution in [3.8, 4) is 0 Å². The predicted molar refractivity (Wildman–Crippen MR) is 94.0 cm³/mol. The Bertz CT molecular complexity index is 946. The Balaban J connectivity index is 1.94. The van der Waals surface area contributed by atoms with E-state index >= 15 is 0 Å². The van der Waals surface area contributed by atoms with Crippen molar-refractivity contribution < 1.29 is 9.21 Å². The lowest BCUT2D eigenvalue weighted by atomic mass is 10.1. The summed E-state index contributed by atoms with van der Waals surface area (Å²) in [5.41, 5.74) is 1.56. The minimum atomic E-state index is -0.650. The molecule has 4 nitrogen and oxygen atoms in total. The number of hydrogen-bond donors (Lipinski definition) is 1. The Labute approximate surface area is 141 Å². The number of para-hydroxylation sites is 1. The molecule has 3 rings (SSSR count). The maximum absolute atomic E-state index is 12.4. The van der Waals surface area contributed by atoms with Crippen LogP contribution in [0.1, 0.15) is 22.8 Å². The van der Waals surface area contributed by atoms with E-state index in [1.54, 1.807) is 24.3 Å². The second-order valence-corrected chi connectivity index (χ2v) is 5.96. The van der Waals surface area contributed by atoms with Crippen molar-refractivity contribution in [2.45, 2.75) is 13.3 Å². The highest BCUT2D eigenvalue weighted by atomic mass is 79.9. The molecule has 0 fully saturated rings. The molecule has 116 valence electrons. The molecule has 1 heterocycles. The van der Waals surface area contributed by atoms with Crippen LogP contribution in [0.4, 0.5) is 5.69 Å². The molecule has 0 aliphatic carbocycles. The van der Waals surface area contributed by atoms with E-state index in [0.29, 0.717) is 16.7 Å². The fourth-order valence-electron chi connectivity index (χ4n) is 2.29. The first-order chi connectivity index (χ1) is 11.1. The van der Waals surface area contributed by atoms with Crippen LogP contribution in [-0.4, -0.2) is 5.91 Å². The molecular formula is C18H14BrNO3. The number of aryl methyl sites for hydroxylation is 1. The molecule has 0 aliphatic rings. The summed E-state index contributed by atoms with van der Waals surface area (Å²) in [4.78, 5) is 24.4. The van der Waals surface area contributed by atoms with Gasteiger partial charge in [-0.05, 0) is 52.2 Å². The van der Waals surface area contributed by atoms with E-state index in [9.17, 15) is 9.59 Å². The van der Waals surface area contributed by atoms with Crippen molar-refractivity contribution in [2.75, 3.05) is 5.32 Å². The normalized spacial score (nSPS) is 10.7. The molecule has 0 saturated carbocycles. The number of fused-ring (bicyclic) bond motifs is 1. The molecule has 0 bridgehead atoms. The van der Waals surface area contributed by atoms with Crippen LogP contribution in [0.15, 0.2) is 62.2 Å². The minimum Gasteiger partial charge on any atom is -0.422 e. The summed E-state index contributed by atoms with van der Waals surface area (Å²) in [5, 5.41) is 3.44. The highest BCUT2D eigenvalue weighted by Gasteiger charge is 2.15. The van der Waals surface area contributed by atoms with Gasteiger partial charge in [-0.25, -0.2) is 4.79 Å². The van der Waals surface area contributed by atoms with Gasteiger partial charge in [0.05, 0.1) is 5.69 Å². The summed E-state index contributed by atoms with van der Waals surface area (Å²) in [6.07, 6.45) is 0.904. The van der Waals surface area contributed by atoms with Crippen LogP contribution in [0, 0.1) is 0 Å². The van der Waals surface area contributed by atoms with Gasteiger partial charge >= 0.3 is 5.63 Å². The molecule has 5 heteroatoms. The molecule has 0 spiro atoms. The van der Waals surface area contributed by atoms with Crippen LogP contribution in [0.25, 0.3) is 11.0 Å². The van der Waals surface area contributed by atoms with Gasteiger partial charge in [-0.1, -0.05) is 31.2 Å². The van der Waals surface area contributed by atoms with E-state index in [4.69, 9.17) is 4.42 Å². The smallest absolute Gasteiger partial charge is 0.349 e. The summed E-state index contributed by atoms with van der Waals surface area (Å²) < 4.78 is 5.96. The van der Waals surface area contributed by atoms with Gasteiger partial charge in [0, 0.05) is 9.86 Å². The van der Waals surface area contributed by atoms with Crippen molar-refractivity contribution in [1.82, 2.24) is 0 Å². The van der Waals surface area contributed by atoms with E-state index in [0.717, 1.165) is 16.5 Å². The number of rotatable bonds is 3. The van der Waals surface area contributed by atoms with Crippen LogP contribution in [0.2, 0.25) is 0 Å². The quantitative estimate of drug-likeness (QED) is 0.695. The Morgan fingerprint density at radius 3 is 2.70 bits per heavy atom. The Morgan fingerprint density at radius 2 is 1.96 bits per heavy atom. The summed E-state index contributed by atoms with van der Waals surface area (Å²) in [7, 11) is 0. The molecule has 0 saturated heterocycles. The third-order valence-electron chi connectivity index (χ3n) is 3.58. The van der Waals surface area contributed by atoms with Gasteiger partial charge in [0.25, 0.3) is 5.91 Å².